The number of carbonyl (C=O) groups excluding carboxylic acids is 1. The summed E-state index contributed by atoms with van der Waals surface area (Å²) in [5.74, 6) is 0.990. The second-order valence-corrected chi connectivity index (χ2v) is 11.9. The summed E-state index contributed by atoms with van der Waals surface area (Å²) in [6.07, 6.45) is 19.6. The van der Waals surface area contributed by atoms with Crippen molar-refractivity contribution in [2.75, 3.05) is 13.2 Å². The van der Waals surface area contributed by atoms with E-state index in [0.717, 1.165) is 36.0 Å². The van der Waals surface area contributed by atoms with Crippen LogP contribution < -0.4 is 4.74 Å². The van der Waals surface area contributed by atoms with Gasteiger partial charge in [0.1, 0.15) is 18.5 Å². The molecule has 0 saturated heterocycles. The van der Waals surface area contributed by atoms with E-state index in [-0.39, 0.29) is 18.7 Å². The summed E-state index contributed by atoms with van der Waals surface area (Å²) in [4.78, 5) is 21.4. The van der Waals surface area contributed by atoms with E-state index in [0.29, 0.717) is 18.2 Å². The largest absolute Gasteiger partial charge is 0.490 e. The number of benzene rings is 2. The molecule has 2 atom stereocenters. The molecule has 0 aliphatic rings. The van der Waals surface area contributed by atoms with Crippen molar-refractivity contribution in [1.29, 1.82) is 0 Å². The number of nitrogens with zero attached hydrogens (tertiary/aromatic N) is 2. The highest BCUT2D eigenvalue weighted by Crippen LogP contribution is 2.23. The summed E-state index contributed by atoms with van der Waals surface area (Å²) in [6.45, 7) is 8.71. The zero-order valence-electron chi connectivity index (χ0n) is 27.6. The first kappa shape index (κ1) is 35.2. The molecule has 0 saturated carbocycles. The molecule has 1 heterocycles. The van der Waals surface area contributed by atoms with Gasteiger partial charge < -0.3 is 14.2 Å². The quantitative estimate of drug-likeness (QED) is 0.0842. The van der Waals surface area contributed by atoms with Crippen molar-refractivity contribution < 1.29 is 19.0 Å². The normalized spacial score (nSPS) is 12.5. The molecule has 3 aromatic rings. The molecule has 240 valence electrons. The fourth-order valence-corrected chi connectivity index (χ4v) is 5.02. The van der Waals surface area contributed by atoms with Gasteiger partial charge in [0.15, 0.2) is 11.9 Å². The zero-order valence-corrected chi connectivity index (χ0v) is 27.6. The molecule has 6 heteroatoms. The number of ether oxygens (including phenoxy) is 3. The summed E-state index contributed by atoms with van der Waals surface area (Å²) in [5, 5.41) is 0. The van der Waals surface area contributed by atoms with Gasteiger partial charge in [-0.25, -0.2) is 14.8 Å². The van der Waals surface area contributed by atoms with Crippen LogP contribution in [0.2, 0.25) is 0 Å². The third-order valence-corrected chi connectivity index (χ3v) is 7.87. The molecule has 0 aliphatic carbocycles. The standard InChI is InChI=1S/C38H54N2O4/c1-5-7-9-10-11-12-13-14-15-16-17-32-18-20-33(21-19-32)35-27-39-37(40-28-35)34-22-24-36(25-23-34)43-29-30(3)44-38(41)31(4)42-26-8-6-2/h18-25,27-28,30-31H,5-17,26,29H2,1-4H3. The molecular formula is C38H54N2O4. The van der Waals surface area contributed by atoms with Crippen LogP contribution in [0, 0.1) is 0 Å². The molecule has 0 spiro atoms. The lowest BCUT2D eigenvalue weighted by molar-refractivity contribution is -0.162. The maximum absolute atomic E-state index is 12.2. The van der Waals surface area contributed by atoms with Crippen LogP contribution in [-0.4, -0.2) is 41.4 Å². The van der Waals surface area contributed by atoms with Crippen molar-refractivity contribution in [3.05, 3.63) is 66.5 Å². The molecule has 2 unspecified atom stereocenters. The molecule has 0 radical (unpaired) electrons. The van der Waals surface area contributed by atoms with Crippen LogP contribution >= 0.6 is 0 Å². The van der Waals surface area contributed by atoms with Gasteiger partial charge in [-0.05, 0) is 68.5 Å². The lowest BCUT2D eigenvalue weighted by atomic mass is 10.0. The number of carbonyl (C=O) groups is 1. The van der Waals surface area contributed by atoms with Gasteiger partial charge in [0.25, 0.3) is 0 Å². The highest BCUT2D eigenvalue weighted by Gasteiger charge is 2.18. The summed E-state index contributed by atoms with van der Waals surface area (Å²) in [6, 6.07) is 16.5. The van der Waals surface area contributed by atoms with Crippen molar-refractivity contribution in [3.8, 4) is 28.3 Å². The van der Waals surface area contributed by atoms with Crippen LogP contribution in [-0.2, 0) is 20.7 Å². The Labute approximate surface area is 266 Å². The first-order valence-corrected chi connectivity index (χ1v) is 17.0. The molecule has 1 aromatic heterocycles. The lowest BCUT2D eigenvalue weighted by Gasteiger charge is -2.17. The second-order valence-electron chi connectivity index (χ2n) is 11.9. The Hall–Kier alpha value is -3.25. The number of unbranched alkanes of at least 4 members (excludes halogenated alkanes) is 10. The van der Waals surface area contributed by atoms with Crippen LogP contribution in [0.1, 0.15) is 110 Å². The van der Waals surface area contributed by atoms with Gasteiger partial charge >= 0.3 is 5.97 Å². The van der Waals surface area contributed by atoms with E-state index in [1.165, 1.54) is 69.8 Å². The maximum Gasteiger partial charge on any atom is 0.335 e. The molecule has 6 nitrogen and oxygen atoms in total. The topological polar surface area (TPSA) is 70.5 Å². The van der Waals surface area contributed by atoms with Gasteiger partial charge in [0, 0.05) is 30.1 Å². The Morgan fingerprint density at radius 3 is 1.86 bits per heavy atom. The summed E-state index contributed by atoms with van der Waals surface area (Å²) >= 11 is 0. The van der Waals surface area contributed by atoms with E-state index in [4.69, 9.17) is 14.2 Å². The summed E-state index contributed by atoms with van der Waals surface area (Å²) < 4.78 is 16.8. The van der Waals surface area contributed by atoms with E-state index in [1.54, 1.807) is 6.92 Å². The SMILES string of the molecule is CCCCCCCCCCCCc1ccc(-c2cnc(-c3ccc(OCC(C)OC(=O)C(C)OCCCC)cc3)nc2)cc1. The minimum Gasteiger partial charge on any atom is -0.490 e. The number of esters is 1. The second kappa shape index (κ2) is 20.7. The minimum absolute atomic E-state index is 0.260. The highest BCUT2D eigenvalue weighted by atomic mass is 16.6. The predicted molar refractivity (Wildman–Crippen MR) is 180 cm³/mol. The Morgan fingerprint density at radius 2 is 1.25 bits per heavy atom. The third-order valence-electron chi connectivity index (χ3n) is 7.87. The molecule has 0 bridgehead atoms. The fourth-order valence-electron chi connectivity index (χ4n) is 5.02. The van der Waals surface area contributed by atoms with Crippen LogP contribution in [0.25, 0.3) is 22.5 Å². The number of hydrogen-bond acceptors (Lipinski definition) is 6. The van der Waals surface area contributed by atoms with E-state index in [2.05, 4.69) is 48.1 Å². The monoisotopic (exact) mass is 602 g/mol. The minimum atomic E-state index is -0.576. The van der Waals surface area contributed by atoms with Gasteiger partial charge in [-0.3, -0.25) is 0 Å². The average Bonchev–Trinajstić information content (AvgIpc) is 3.05. The maximum atomic E-state index is 12.2. The first-order chi connectivity index (χ1) is 21.5. The van der Waals surface area contributed by atoms with Crippen molar-refractivity contribution in [3.63, 3.8) is 0 Å². The number of hydrogen-bond donors (Lipinski definition) is 0. The van der Waals surface area contributed by atoms with Crippen LogP contribution in [0.5, 0.6) is 5.75 Å². The summed E-state index contributed by atoms with van der Waals surface area (Å²) in [5.41, 5.74) is 4.44. The van der Waals surface area contributed by atoms with E-state index < -0.39 is 6.10 Å². The number of rotatable bonds is 22. The van der Waals surface area contributed by atoms with Crippen LogP contribution in [0.15, 0.2) is 60.9 Å². The van der Waals surface area contributed by atoms with Gasteiger partial charge in [-0.15, -0.1) is 0 Å². The van der Waals surface area contributed by atoms with Crippen molar-refractivity contribution >= 4 is 5.97 Å². The van der Waals surface area contributed by atoms with Gasteiger partial charge in [0.2, 0.25) is 0 Å². The molecule has 3 rings (SSSR count). The Balaban J connectivity index is 1.37. The predicted octanol–water partition coefficient (Wildman–Crippen LogP) is 9.79. The smallest absolute Gasteiger partial charge is 0.335 e. The Bertz CT molecular complexity index is 1180. The first-order valence-electron chi connectivity index (χ1n) is 17.0. The van der Waals surface area contributed by atoms with Crippen molar-refractivity contribution in [1.82, 2.24) is 9.97 Å². The Morgan fingerprint density at radius 1 is 0.682 bits per heavy atom. The van der Waals surface area contributed by atoms with Crippen LogP contribution in [0.3, 0.4) is 0 Å². The van der Waals surface area contributed by atoms with Gasteiger partial charge in [0.05, 0.1) is 0 Å². The average molecular weight is 603 g/mol. The third kappa shape index (κ3) is 13.2. The molecule has 0 fully saturated rings. The molecule has 0 amide bonds. The molecule has 2 aromatic carbocycles. The van der Waals surface area contributed by atoms with Gasteiger partial charge in [-0.2, -0.15) is 0 Å². The van der Waals surface area contributed by atoms with E-state index >= 15 is 0 Å². The molecule has 0 N–H and O–H groups in total. The molecular weight excluding hydrogens is 548 g/mol. The number of aryl methyl sites for hydroxylation is 1. The zero-order chi connectivity index (χ0) is 31.4. The number of aromatic nitrogens is 2. The van der Waals surface area contributed by atoms with Crippen molar-refractivity contribution in [2.45, 2.75) is 123 Å². The van der Waals surface area contributed by atoms with Gasteiger partial charge in [-0.1, -0.05) is 102 Å². The molecule has 0 aliphatic heterocycles. The fraction of sp³-hybridized carbons (Fsp3) is 0.553. The van der Waals surface area contributed by atoms with E-state index in [1.807, 2.05) is 43.6 Å². The highest BCUT2D eigenvalue weighted by molar-refractivity contribution is 5.74. The van der Waals surface area contributed by atoms with Crippen molar-refractivity contribution in [2.24, 2.45) is 0 Å². The Kier molecular flexibility index (Phi) is 16.5. The van der Waals surface area contributed by atoms with E-state index in [9.17, 15) is 4.79 Å². The summed E-state index contributed by atoms with van der Waals surface area (Å²) in [7, 11) is 0. The lowest BCUT2D eigenvalue weighted by Crippen LogP contribution is -2.30. The molecule has 44 heavy (non-hydrogen) atoms. The van der Waals surface area contributed by atoms with Crippen LogP contribution in [0.4, 0.5) is 0 Å².